The molecule has 0 radical (unpaired) electrons. The lowest BCUT2D eigenvalue weighted by Gasteiger charge is -2.12. The van der Waals surface area contributed by atoms with Gasteiger partial charge in [-0.1, -0.05) is 58.9 Å². The first-order chi connectivity index (χ1) is 13.4. The number of aliphatic hydroxyl groups is 1. The molecule has 28 heavy (non-hydrogen) atoms. The third kappa shape index (κ3) is 9.36. The van der Waals surface area contributed by atoms with Crippen molar-refractivity contribution in [2.45, 2.75) is 84.7 Å². The van der Waals surface area contributed by atoms with Crippen LogP contribution in [0.2, 0.25) is 0 Å². The Labute approximate surface area is 169 Å². The van der Waals surface area contributed by atoms with Gasteiger partial charge >= 0.3 is 5.97 Å². The summed E-state index contributed by atoms with van der Waals surface area (Å²) in [5, 5.41) is 10.0. The lowest BCUT2D eigenvalue weighted by Crippen LogP contribution is -2.15. The molecule has 1 N–H and O–H groups in total. The van der Waals surface area contributed by atoms with Gasteiger partial charge in [0, 0.05) is 12.8 Å². The normalized spacial score (nSPS) is 12.1. The molecular weight excluding hydrogens is 356 g/mol. The van der Waals surface area contributed by atoms with Crippen LogP contribution >= 0.6 is 0 Å². The molecule has 158 valence electrons. The number of carbonyl (C=O) groups is 2. The highest BCUT2D eigenvalue weighted by atomic mass is 16.6. The molecule has 0 heterocycles. The maximum absolute atomic E-state index is 12.1. The molecular formula is C23H36O5. The number of methoxy groups -OCH3 is 1. The molecule has 0 spiro atoms. The monoisotopic (exact) mass is 392 g/mol. The zero-order chi connectivity index (χ0) is 20.9. The van der Waals surface area contributed by atoms with Gasteiger partial charge in [0.15, 0.2) is 11.5 Å². The summed E-state index contributed by atoms with van der Waals surface area (Å²) in [6.45, 7) is 5.72. The summed E-state index contributed by atoms with van der Waals surface area (Å²) in [5.74, 6) is 0.390. The van der Waals surface area contributed by atoms with Crippen LogP contribution in [0.1, 0.15) is 77.7 Å². The van der Waals surface area contributed by atoms with E-state index < -0.39 is 6.10 Å². The predicted molar refractivity (Wildman–Crippen MR) is 111 cm³/mol. The number of ketones is 1. The molecule has 1 aromatic carbocycles. The smallest absolute Gasteiger partial charge is 0.313 e. The van der Waals surface area contributed by atoms with Crippen LogP contribution in [-0.4, -0.2) is 30.1 Å². The standard InChI is InChI=1S/C23H36O5/c1-5-6-7-8-9-10-19(24)16-20(25)13-11-18-12-14-21(22(15-18)27-4)28-23(26)17(2)3/h12,14-15,17,19,24H,5-11,13,16H2,1-4H3. The van der Waals surface area contributed by atoms with E-state index >= 15 is 0 Å². The van der Waals surface area contributed by atoms with Crippen molar-refractivity contribution in [1.29, 1.82) is 0 Å². The van der Waals surface area contributed by atoms with Crippen LogP contribution in [0.4, 0.5) is 0 Å². The number of esters is 1. The molecule has 0 aliphatic carbocycles. The minimum Gasteiger partial charge on any atom is -0.493 e. The van der Waals surface area contributed by atoms with Gasteiger partial charge in [-0.05, 0) is 30.5 Å². The minimum atomic E-state index is -0.540. The summed E-state index contributed by atoms with van der Waals surface area (Å²) in [6, 6.07) is 5.33. The number of aryl methyl sites for hydroxylation is 1. The van der Waals surface area contributed by atoms with E-state index in [2.05, 4.69) is 6.92 Å². The van der Waals surface area contributed by atoms with Crippen LogP contribution in [0, 0.1) is 5.92 Å². The third-order valence-electron chi connectivity index (χ3n) is 4.71. The van der Waals surface area contributed by atoms with Crippen molar-refractivity contribution in [3.8, 4) is 11.5 Å². The number of benzene rings is 1. The number of hydrogen-bond acceptors (Lipinski definition) is 5. The van der Waals surface area contributed by atoms with Crippen molar-refractivity contribution in [3.05, 3.63) is 23.8 Å². The highest BCUT2D eigenvalue weighted by Crippen LogP contribution is 2.29. The van der Waals surface area contributed by atoms with Crippen molar-refractivity contribution in [2.24, 2.45) is 5.92 Å². The average Bonchev–Trinajstić information content (AvgIpc) is 2.66. The Hall–Kier alpha value is -1.88. The zero-order valence-electron chi connectivity index (χ0n) is 17.8. The molecule has 0 fully saturated rings. The number of carbonyl (C=O) groups excluding carboxylic acids is 2. The number of unbranched alkanes of at least 4 members (excludes halogenated alkanes) is 4. The highest BCUT2D eigenvalue weighted by Gasteiger charge is 2.15. The molecule has 5 heteroatoms. The van der Waals surface area contributed by atoms with Gasteiger partial charge < -0.3 is 14.6 Å². The van der Waals surface area contributed by atoms with Gasteiger partial charge in [-0.25, -0.2) is 0 Å². The summed E-state index contributed by atoms with van der Waals surface area (Å²) in [6.07, 6.45) is 7.03. The van der Waals surface area contributed by atoms with Gasteiger partial charge in [-0.3, -0.25) is 9.59 Å². The Morgan fingerprint density at radius 2 is 1.79 bits per heavy atom. The predicted octanol–water partition coefficient (Wildman–Crippen LogP) is 4.87. The van der Waals surface area contributed by atoms with E-state index in [-0.39, 0.29) is 24.1 Å². The van der Waals surface area contributed by atoms with Crippen molar-refractivity contribution in [2.75, 3.05) is 7.11 Å². The number of hydrogen-bond donors (Lipinski definition) is 1. The van der Waals surface area contributed by atoms with E-state index in [4.69, 9.17) is 9.47 Å². The SMILES string of the molecule is CCCCCCCC(O)CC(=O)CCc1ccc(OC(=O)C(C)C)c(OC)c1. The van der Waals surface area contributed by atoms with Gasteiger partial charge in [-0.2, -0.15) is 0 Å². The Bertz CT molecular complexity index is 609. The van der Waals surface area contributed by atoms with Crippen LogP contribution in [0.25, 0.3) is 0 Å². The quantitative estimate of drug-likeness (QED) is 0.278. The van der Waals surface area contributed by atoms with Crippen molar-refractivity contribution in [1.82, 2.24) is 0 Å². The van der Waals surface area contributed by atoms with Crippen LogP contribution in [0.3, 0.4) is 0 Å². The van der Waals surface area contributed by atoms with E-state index in [1.165, 1.54) is 26.4 Å². The number of aliphatic hydroxyl groups excluding tert-OH is 1. The topological polar surface area (TPSA) is 72.8 Å². The summed E-state index contributed by atoms with van der Waals surface area (Å²) in [7, 11) is 1.52. The minimum absolute atomic E-state index is 0.0651. The van der Waals surface area contributed by atoms with Gasteiger partial charge in [-0.15, -0.1) is 0 Å². The summed E-state index contributed by atoms with van der Waals surface area (Å²) >= 11 is 0. The Kier molecular flexibility index (Phi) is 11.5. The number of Topliss-reactive ketones (excluding diaryl/α,β-unsaturated/α-hetero) is 1. The molecule has 1 unspecified atom stereocenters. The van der Waals surface area contributed by atoms with E-state index in [9.17, 15) is 14.7 Å². The largest absolute Gasteiger partial charge is 0.493 e. The fourth-order valence-corrected chi connectivity index (χ4v) is 2.91. The van der Waals surface area contributed by atoms with Crippen LogP contribution in [-0.2, 0) is 16.0 Å². The molecule has 0 aliphatic rings. The average molecular weight is 393 g/mol. The molecule has 0 aromatic heterocycles. The fraction of sp³-hybridized carbons (Fsp3) is 0.652. The molecule has 1 aromatic rings. The fourth-order valence-electron chi connectivity index (χ4n) is 2.91. The molecule has 0 bridgehead atoms. The first kappa shape index (κ1) is 24.2. The molecule has 0 saturated carbocycles. The lowest BCUT2D eigenvalue weighted by molar-refractivity contribution is -0.137. The maximum Gasteiger partial charge on any atom is 0.313 e. The van der Waals surface area contributed by atoms with E-state index in [1.807, 2.05) is 6.07 Å². The molecule has 1 rings (SSSR count). The van der Waals surface area contributed by atoms with E-state index in [0.717, 1.165) is 18.4 Å². The van der Waals surface area contributed by atoms with Crippen molar-refractivity contribution < 1.29 is 24.2 Å². The molecule has 0 saturated heterocycles. The summed E-state index contributed by atoms with van der Waals surface area (Å²) in [4.78, 5) is 23.9. The number of ether oxygens (including phenoxy) is 2. The Morgan fingerprint density at radius 1 is 1.07 bits per heavy atom. The second-order valence-electron chi connectivity index (χ2n) is 7.66. The lowest BCUT2D eigenvalue weighted by atomic mass is 10.0. The van der Waals surface area contributed by atoms with E-state index in [0.29, 0.717) is 30.8 Å². The molecule has 0 aliphatic heterocycles. The second kappa shape index (κ2) is 13.3. The Morgan fingerprint density at radius 3 is 2.43 bits per heavy atom. The first-order valence-electron chi connectivity index (χ1n) is 10.5. The van der Waals surface area contributed by atoms with Gasteiger partial charge in [0.1, 0.15) is 5.78 Å². The molecule has 5 nitrogen and oxygen atoms in total. The van der Waals surface area contributed by atoms with E-state index in [1.54, 1.807) is 26.0 Å². The summed E-state index contributed by atoms with van der Waals surface area (Å²) in [5.41, 5.74) is 0.934. The maximum atomic E-state index is 12.1. The Balaban J connectivity index is 2.44. The third-order valence-corrected chi connectivity index (χ3v) is 4.71. The second-order valence-corrected chi connectivity index (χ2v) is 7.66. The number of rotatable bonds is 14. The highest BCUT2D eigenvalue weighted by molar-refractivity contribution is 5.79. The van der Waals surface area contributed by atoms with Crippen LogP contribution in [0.15, 0.2) is 18.2 Å². The van der Waals surface area contributed by atoms with Crippen LogP contribution in [0.5, 0.6) is 11.5 Å². The molecule has 0 amide bonds. The van der Waals surface area contributed by atoms with Crippen LogP contribution < -0.4 is 9.47 Å². The molecule has 1 atom stereocenters. The van der Waals surface area contributed by atoms with Gasteiger partial charge in [0.2, 0.25) is 0 Å². The van der Waals surface area contributed by atoms with Crippen molar-refractivity contribution >= 4 is 11.8 Å². The van der Waals surface area contributed by atoms with Gasteiger partial charge in [0.05, 0.1) is 19.1 Å². The van der Waals surface area contributed by atoms with Crippen molar-refractivity contribution in [3.63, 3.8) is 0 Å². The summed E-state index contributed by atoms with van der Waals surface area (Å²) < 4.78 is 10.6. The van der Waals surface area contributed by atoms with Gasteiger partial charge in [0.25, 0.3) is 0 Å². The zero-order valence-corrected chi connectivity index (χ0v) is 17.8. The first-order valence-corrected chi connectivity index (χ1v) is 10.5.